The maximum atomic E-state index is 4.42. The van der Waals surface area contributed by atoms with E-state index < -0.39 is 0 Å². The zero-order valence-electron chi connectivity index (χ0n) is 12.4. The fourth-order valence-corrected chi connectivity index (χ4v) is 3.08. The lowest BCUT2D eigenvalue weighted by atomic mass is 10.4. The third-order valence-corrected chi connectivity index (χ3v) is 4.39. The van der Waals surface area contributed by atoms with Gasteiger partial charge in [0, 0.05) is 49.8 Å². The van der Waals surface area contributed by atoms with Gasteiger partial charge in [0.1, 0.15) is 5.82 Å². The minimum Gasteiger partial charge on any atom is -0.334 e. The van der Waals surface area contributed by atoms with E-state index in [1.807, 2.05) is 38.6 Å². The van der Waals surface area contributed by atoms with E-state index in [0.29, 0.717) is 0 Å². The van der Waals surface area contributed by atoms with Gasteiger partial charge in [0.25, 0.3) is 0 Å². The van der Waals surface area contributed by atoms with Crippen molar-refractivity contribution in [1.82, 2.24) is 29.2 Å². The minimum atomic E-state index is 0.864. The topological polar surface area (TPSA) is 51.8 Å². The number of imidazole rings is 1. The third kappa shape index (κ3) is 3.03. The third-order valence-electron chi connectivity index (χ3n) is 3.42. The van der Waals surface area contributed by atoms with Gasteiger partial charge in [-0.25, -0.2) is 14.6 Å². The molecule has 3 aromatic rings. The van der Waals surface area contributed by atoms with E-state index in [-0.39, 0.29) is 0 Å². The van der Waals surface area contributed by atoms with Crippen LogP contribution in [0.3, 0.4) is 0 Å². The van der Waals surface area contributed by atoms with Crippen molar-refractivity contribution in [2.24, 2.45) is 7.05 Å². The molecule has 3 aromatic heterocycles. The highest BCUT2D eigenvalue weighted by atomic mass is 32.1. The van der Waals surface area contributed by atoms with Crippen molar-refractivity contribution in [2.75, 3.05) is 7.05 Å². The van der Waals surface area contributed by atoms with Crippen LogP contribution in [0.5, 0.6) is 0 Å². The Kier molecular flexibility index (Phi) is 3.85. The number of nitrogens with zero attached hydrogens (tertiary/aromatic N) is 6. The number of thiazole rings is 1. The SMILES string of the molecule is Cc1ncc(CN(C)Cc2cnc(-n3cccn3)s2)n1C. The number of aromatic nitrogens is 5. The molecule has 0 aromatic carbocycles. The van der Waals surface area contributed by atoms with Crippen LogP contribution in [0.1, 0.15) is 16.4 Å². The van der Waals surface area contributed by atoms with Gasteiger partial charge in [-0.1, -0.05) is 11.3 Å². The Hall–Kier alpha value is -1.99. The lowest BCUT2D eigenvalue weighted by Gasteiger charge is -2.15. The van der Waals surface area contributed by atoms with Crippen LogP contribution in [-0.2, 0) is 20.1 Å². The van der Waals surface area contributed by atoms with Gasteiger partial charge >= 0.3 is 0 Å². The van der Waals surface area contributed by atoms with E-state index in [0.717, 1.165) is 24.0 Å². The van der Waals surface area contributed by atoms with Crippen LogP contribution in [0.2, 0.25) is 0 Å². The first-order valence-electron chi connectivity index (χ1n) is 6.74. The summed E-state index contributed by atoms with van der Waals surface area (Å²) in [4.78, 5) is 12.2. The average molecular weight is 302 g/mol. The summed E-state index contributed by atoms with van der Waals surface area (Å²) in [5, 5.41) is 5.10. The molecule has 0 amide bonds. The maximum Gasteiger partial charge on any atom is 0.210 e. The van der Waals surface area contributed by atoms with Gasteiger partial charge in [-0.15, -0.1) is 0 Å². The van der Waals surface area contributed by atoms with Crippen molar-refractivity contribution in [3.05, 3.63) is 47.2 Å². The predicted molar refractivity (Wildman–Crippen MR) is 82.4 cm³/mol. The van der Waals surface area contributed by atoms with Crippen LogP contribution in [0.4, 0.5) is 0 Å². The van der Waals surface area contributed by atoms with E-state index in [2.05, 4.69) is 31.6 Å². The standard InChI is InChI=1S/C14H18N6S/c1-11-15-7-12(19(11)3)9-18(2)10-13-8-16-14(21-13)20-6-4-5-17-20/h4-8H,9-10H2,1-3H3. The maximum absolute atomic E-state index is 4.42. The Bertz CT molecular complexity index is 712. The molecule has 3 rings (SSSR count). The summed E-state index contributed by atoms with van der Waals surface area (Å²) in [6.07, 6.45) is 7.53. The second kappa shape index (κ2) is 5.79. The normalized spacial score (nSPS) is 11.4. The van der Waals surface area contributed by atoms with Gasteiger partial charge in [0.15, 0.2) is 0 Å². The molecule has 0 fully saturated rings. The molecule has 21 heavy (non-hydrogen) atoms. The molecule has 6 nitrogen and oxygen atoms in total. The highest BCUT2D eigenvalue weighted by molar-refractivity contribution is 7.14. The first-order valence-corrected chi connectivity index (χ1v) is 7.55. The lowest BCUT2D eigenvalue weighted by Crippen LogP contribution is -2.18. The predicted octanol–water partition coefficient (Wildman–Crippen LogP) is 2.00. The van der Waals surface area contributed by atoms with Crippen molar-refractivity contribution in [1.29, 1.82) is 0 Å². The van der Waals surface area contributed by atoms with E-state index >= 15 is 0 Å². The second-order valence-corrected chi connectivity index (χ2v) is 6.18. The van der Waals surface area contributed by atoms with Crippen LogP contribution in [0, 0.1) is 6.92 Å². The van der Waals surface area contributed by atoms with Gasteiger partial charge in [0.2, 0.25) is 5.13 Å². The Morgan fingerprint density at radius 2 is 2.10 bits per heavy atom. The molecule has 0 bridgehead atoms. The molecule has 110 valence electrons. The fraction of sp³-hybridized carbons (Fsp3) is 0.357. The van der Waals surface area contributed by atoms with Gasteiger partial charge in [-0.2, -0.15) is 5.10 Å². The molecule has 0 atom stereocenters. The average Bonchev–Trinajstić information content (AvgIpc) is 3.16. The molecule has 0 saturated heterocycles. The van der Waals surface area contributed by atoms with Crippen molar-refractivity contribution < 1.29 is 0 Å². The van der Waals surface area contributed by atoms with Gasteiger partial charge in [-0.3, -0.25) is 4.90 Å². The molecule has 0 aliphatic carbocycles. The van der Waals surface area contributed by atoms with E-state index in [1.54, 1.807) is 22.2 Å². The highest BCUT2D eigenvalue weighted by Gasteiger charge is 2.09. The highest BCUT2D eigenvalue weighted by Crippen LogP contribution is 2.18. The molecular weight excluding hydrogens is 284 g/mol. The van der Waals surface area contributed by atoms with Gasteiger partial charge < -0.3 is 4.57 Å². The fourth-order valence-electron chi connectivity index (χ4n) is 2.15. The molecule has 3 heterocycles. The Labute approximate surface area is 127 Å². The summed E-state index contributed by atoms with van der Waals surface area (Å²) in [7, 11) is 4.16. The molecule has 0 unspecified atom stereocenters. The summed E-state index contributed by atoms with van der Waals surface area (Å²) in [6.45, 7) is 3.75. The summed E-state index contributed by atoms with van der Waals surface area (Å²) in [6, 6.07) is 1.90. The first kappa shape index (κ1) is 14.0. The summed E-state index contributed by atoms with van der Waals surface area (Å²) in [5.41, 5.74) is 1.21. The molecule has 0 N–H and O–H groups in total. The minimum absolute atomic E-state index is 0.864. The quantitative estimate of drug-likeness (QED) is 0.723. The Balaban J connectivity index is 1.65. The van der Waals surface area contributed by atoms with Crippen LogP contribution in [-0.4, -0.2) is 36.3 Å². The molecule has 0 radical (unpaired) electrons. The summed E-state index contributed by atoms with van der Waals surface area (Å²) in [5.74, 6) is 1.04. The van der Waals surface area contributed by atoms with E-state index in [4.69, 9.17) is 0 Å². The largest absolute Gasteiger partial charge is 0.334 e. The Morgan fingerprint density at radius 1 is 1.24 bits per heavy atom. The van der Waals surface area contributed by atoms with E-state index in [9.17, 15) is 0 Å². The van der Waals surface area contributed by atoms with Crippen molar-refractivity contribution in [3.8, 4) is 5.13 Å². The smallest absolute Gasteiger partial charge is 0.210 e. The monoisotopic (exact) mass is 302 g/mol. The number of aryl methyl sites for hydroxylation is 1. The van der Waals surface area contributed by atoms with Crippen LogP contribution in [0.25, 0.3) is 5.13 Å². The van der Waals surface area contributed by atoms with Crippen molar-refractivity contribution in [2.45, 2.75) is 20.0 Å². The van der Waals surface area contributed by atoms with Crippen molar-refractivity contribution in [3.63, 3.8) is 0 Å². The lowest BCUT2D eigenvalue weighted by molar-refractivity contribution is 0.314. The molecule has 0 spiro atoms. The molecule has 0 saturated carbocycles. The summed E-state index contributed by atoms with van der Waals surface area (Å²) < 4.78 is 3.91. The number of hydrogen-bond acceptors (Lipinski definition) is 5. The van der Waals surface area contributed by atoms with Gasteiger partial charge in [-0.05, 0) is 20.0 Å². The first-order chi connectivity index (χ1) is 10.1. The molecular formula is C14H18N6S. The zero-order valence-corrected chi connectivity index (χ0v) is 13.2. The van der Waals surface area contributed by atoms with Crippen LogP contribution in [0.15, 0.2) is 30.9 Å². The van der Waals surface area contributed by atoms with Crippen molar-refractivity contribution >= 4 is 11.3 Å². The van der Waals surface area contributed by atoms with Crippen LogP contribution < -0.4 is 0 Å². The summed E-state index contributed by atoms with van der Waals surface area (Å²) >= 11 is 1.66. The van der Waals surface area contributed by atoms with Gasteiger partial charge in [0.05, 0.1) is 5.69 Å². The second-order valence-electron chi connectivity index (χ2n) is 5.09. The molecule has 0 aliphatic heterocycles. The molecule has 7 heteroatoms. The van der Waals surface area contributed by atoms with E-state index in [1.165, 1.54) is 10.6 Å². The zero-order chi connectivity index (χ0) is 14.8. The van der Waals surface area contributed by atoms with Crippen LogP contribution >= 0.6 is 11.3 Å². The number of rotatable bonds is 5. The molecule has 0 aliphatic rings. The number of hydrogen-bond donors (Lipinski definition) is 0. The Morgan fingerprint density at radius 3 is 2.76 bits per heavy atom.